The molecule has 0 amide bonds. The van der Waals surface area contributed by atoms with Crippen LogP contribution in [0.3, 0.4) is 0 Å². The molecule has 0 nitrogen and oxygen atoms in total. The Bertz CT molecular complexity index is 403. The van der Waals surface area contributed by atoms with Gasteiger partial charge in [0, 0.05) is 0 Å². The second-order valence-electron chi connectivity index (χ2n) is 7.88. The van der Waals surface area contributed by atoms with Crippen LogP contribution in [0.5, 0.6) is 0 Å². The molecule has 1 rings (SSSR count). The van der Waals surface area contributed by atoms with Gasteiger partial charge in [-0.05, 0) is 31.2 Å². The monoisotopic (exact) mass is 356 g/mol. The normalized spacial score (nSPS) is 11.4. The molecule has 0 aliphatic carbocycles. The lowest BCUT2D eigenvalue weighted by molar-refractivity contribution is 0.536. The largest absolute Gasteiger partial charge is 0.0885 e. The smallest absolute Gasteiger partial charge is 0.0244 e. The predicted octanol–water partition coefficient (Wildman–Crippen LogP) is 9.05. The van der Waals surface area contributed by atoms with E-state index in [1.165, 1.54) is 115 Å². The Hall–Kier alpha value is -1.04. The summed E-state index contributed by atoms with van der Waals surface area (Å²) >= 11 is 0. The highest BCUT2D eigenvalue weighted by Gasteiger charge is 1.94. The number of hydrogen-bond acceptors (Lipinski definition) is 0. The van der Waals surface area contributed by atoms with Crippen molar-refractivity contribution < 1.29 is 0 Å². The van der Waals surface area contributed by atoms with Gasteiger partial charge in [-0.15, -0.1) is 0 Å². The minimum atomic E-state index is 1.18. The van der Waals surface area contributed by atoms with Crippen molar-refractivity contribution in [2.24, 2.45) is 0 Å². The molecule has 0 heterocycles. The highest BCUT2D eigenvalue weighted by atomic mass is 14.0. The minimum absolute atomic E-state index is 1.18. The van der Waals surface area contributed by atoms with Crippen molar-refractivity contribution in [3.05, 3.63) is 48.0 Å². The van der Waals surface area contributed by atoms with Gasteiger partial charge in [0.25, 0.3) is 0 Å². The van der Waals surface area contributed by atoms with Gasteiger partial charge < -0.3 is 0 Å². The summed E-state index contributed by atoms with van der Waals surface area (Å²) in [5, 5.41) is 0. The van der Waals surface area contributed by atoms with Crippen LogP contribution < -0.4 is 0 Å². The molecule has 148 valence electrons. The van der Waals surface area contributed by atoms with Crippen LogP contribution in [-0.2, 0) is 6.42 Å². The van der Waals surface area contributed by atoms with E-state index >= 15 is 0 Å². The lowest BCUT2D eigenvalue weighted by atomic mass is 10.0. The molecule has 0 fully saturated rings. The Kier molecular flexibility index (Phi) is 16.6. The third-order valence-corrected chi connectivity index (χ3v) is 5.33. The number of rotatable bonds is 18. The van der Waals surface area contributed by atoms with Gasteiger partial charge in [0.1, 0.15) is 0 Å². The first-order valence-corrected chi connectivity index (χ1v) is 11.6. The van der Waals surface area contributed by atoms with Crippen molar-refractivity contribution in [1.82, 2.24) is 0 Å². The summed E-state index contributed by atoms with van der Waals surface area (Å²) in [4.78, 5) is 0. The molecular formula is C26H44. The number of unbranched alkanes of at least 4 members (excludes halogenated alkanes) is 14. The summed E-state index contributed by atoms with van der Waals surface area (Å²) < 4.78 is 0. The first-order chi connectivity index (χ1) is 12.9. The minimum Gasteiger partial charge on any atom is -0.0885 e. The molecule has 0 bridgehead atoms. The third-order valence-electron chi connectivity index (χ3n) is 5.33. The quantitative estimate of drug-likeness (QED) is 0.182. The molecule has 26 heavy (non-hydrogen) atoms. The van der Waals surface area contributed by atoms with Gasteiger partial charge in [-0.2, -0.15) is 0 Å². The van der Waals surface area contributed by atoms with Crippen molar-refractivity contribution >= 4 is 0 Å². The molecule has 0 aliphatic heterocycles. The zero-order valence-corrected chi connectivity index (χ0v) is 17.6. The first-order valence-electron chi connectivity index (χ1n) is 11.6. The standard InChI is InChI=1S/C26H44/c1-2-3-4-5-6-7-8-9-10-11-12-13-14-15-16-17-18-20-23-26-24-21-19-22-25-26/h17-19,21-22,24-25H,2-16,20,23H2,1H3. The fourth-order valence-corrected chi connectivity index (χ4v) is 3.59. The zero-order valence-electron chi connectivity index (χ0n) is 17.6. The van der Waals surface area contributed by atoms with E-state index in [-0.39, 0.29) is 0 Å². The molecular weight excluding hydrogens is 312 g/mol. The van der Waals surface area contributed by atoms with Crippen LogP contribution in [0.4, 0.5) is 0 Å². The van der Waals surface area contributed by atoms with E-state index in [0.29, 0.717) is 0 Å². The van der Waals surface area contributed by atoms with Gasteiger partial charge in [0.2, 0.25) is 0 Å². The van der Waals surface area contributed by atoms with Crippen LogP contribution in [0.2, 0.25) is 0 Å². The van der Waals surface area contributed by atoms with Crippen molar-refractivity contribution in [3.8, 4) is 0 Å². The Morgan fingerprint density at radius 2 is 1.00 bits per heavy atom. The molecule has 0 spiro atoms. The number of allylic oxidation sites excluding steroid dienone is 2. The molecule has 1 aromatic rings. The van der Waals surface area contributed by atoms with Crippen LogP contribution in [0.25, 0.3) is 0 Å². The van der Waals surface area contributed by atoms with Crippen molar-refractivity contribution in [1.29, 1.82) is 0 Å². The van der Waals surface area contributed by atoms with E-state index in [1.54, 1.807) is 0 Å². The highest BCUT2D eigenvalue weighted by molar-refractivity contribution is 5.15. The van der Waals surface area contributed by atoms with E-state index in [2.05, 4.69) is 49.4 Å². The Morgan fingerprint density at radius 1 is 0.538 bits per heavy atom. The lowest BCUT2D eigenvalue weighted by Crippen LogP contribution is -1.83. The molecule has 0 atom stereocenters. The molecule has 0 saturated carbocycles. The van der Waals surface area contributed by atoms with Gasteiger partial charge in [-0.1, -0.05) is 133 Å². The van der Waals surface area contributed by atoms with Gasteiger partial charge in [0.05, 0.1) is 0 Å². The van der Waals surface area contributed by atoms with Crippen molar-refractivity contribution in [2.75, 3.05) is 0 Å². The summed E-state index contributed by atoms with van der Waals surface area (Å²) in [5.74, 6) is 0. The summed E-state index contributed by atoms with van der Waals surface area (Å²) in [7, 11) is 0. The average molecular weight is 357 g/mol. The fraction of sp³-hybridized carbons (Fsp3) is 0.692. The van der Waals surface area contributed by atoms with Crippen LogP contribution in [0, 0.1) is 0 Å². The van der Waals surface area contributed by atoms with E-state index < -0.39 is 0 Å². The second kappa shape index (κ2) is 18.7. The Morgan fingerprint density at radius 3 is 1.54 bits per heavy atom. The summed E-state index contributed by atoms with van der Waals surface area (Å²) in [6.45, 7) is 2.30. The van der Waals surface area contributed by atoms with E-state index in [0.717, 1.165) is 0 Å². The van der Waals surface area contributed by atoms with Gasteiger partial charge >= 0.3 is 0 Å². The molecule has 0 unspecified atom stereocenters. The molecule has 0 aromatic heterocycles. The average Bonchev–Trinajstić information content (AvgIpc) is 2.68. The maximum absolute atomic E-state index is 2.39. The number of hydrogen-bond donors (Lipinski definition) is 0. The lowest BCUT2D eigenvalue weighted by Gasteiger charge is -2.02. The summed E-state index contributed by atoms with van der Waals surface area (Å²) in [6.07, 6.45) is 28.6. The molecule has 0 radical (unpaired) electrons. The zero-order chi connectivity index (χ0) is 18.5. The van der Waals surface area contributed by atoms with Gasteiger partial charge in [0.15, 0.2) is 0 Å². The second-order valence-corrected chi connectivity index (χ2v) is 7.88. The van der Waals surface area contributed by atoms with Crippen LogP contribution in [0.1, 0.15) is 115 Å². The summed E-state index contributed by atoms with van der Waals surface area (Å²) in [6, 6.07) is 10.8. The molecule has 1 aromatic carbocycles. The maximum Gasteiger partial charge on any atom is -0.0244 e. The highest BCUT2D eigenvalue weighted by Crippen LogP contribution is 2.13. The van der Waals surface area contributed by atoms with Gasteiger partial charge in [-0.3, -0.25) is 0 Å². The Balaban J connectivity index is 1.73. The topological polar surface area (TPSA) is 0 Å². The first kappa shape index (κ1) is 23.0. The molecule has 0 heteroatoms. The van der Waals surface area contributed by atoms with Crippen LogP contribution in [-0.4, -0.2) is 0 Å². The third kappa shape index (κ3) is 15.2. The number of benzene rings is 1. The molecule has 0 aliphatic rings. The van der Waals surface area contributed by atoms with Crippen LogP contribution in [0.15, 0.2) is 42.5 Å². The Labute approximate surface area is 164 Å². The van der Waals surface area contributed by atoms with Gasteiger partial charge in [-0.25, -0.2) is 0 Å². The van der Waals surface area contributed by atoms with Crippen LogP contribution >= 0.6 is 0 Å². The van der Waals surface area contributed by atoms with E-state index in [1.807, 2.05) is 0 Å². The fourth-order valence-electron chi connectivity index (χ4n) is 3.59. The number of aryl methyl sites for hydroxylation is 1. The van der Waals surface area contributed by atoms with E-state index in [4.69, 9.17) is 0 Å². The molecule has 0 N–H and O–H groups in total. The molecule has 0 saturated heterocycles. The maximum atomic E-state index is 2.39. The SMILES string of the molecule is CCCCCCCCCCCCCCCCC=CCCc1ccccc1. The van der Waals surface area contributed by atoms with E-state index in [9.17, 15) is 0 Å². The predicted molar refractivity (Wildman–Crippen MR) is 119 cm³/mol. The summed E-state index contributed by atoms with van der Waals surface area (Å²) in [5.41, 5.74) is 1.45. The van der Waals surface area contributed by atoms with Crippen molar-refractivity contribution in [2.45, 2.75) is 116 Å². The van der Waals surface area contributed by atoms with Crippen molar-refractivity contribution in [3.63, 3.8) is 0 Å².